The van der Waals surface area contributed by atoms with Gasteiger partial charge in [0.15, 0.2) is 17.3 Å². The van der Waals surface area contributed by atoms with Crippen molar-refractivity contribution in [1.82, 2.24) is 0 Å². The molecule has 0 saturated heterocycles. The highest BCUT2D eigenvalue weighted by Gasteiger charge is 2.09. The normalized spacial score (nSPS) is 10.4. The molecule has 6 heteroatoms. The molecule has 2 rings (SSSR count). The van der Waals surface area contributed by atoms with E-state index in [9.17, 15) is 18.4 Å². The van der Waals surface area contributed by atoms with Crippen LogP contribution in [0.5, 0.6) is 5.75 Å². The molecule has 0 spiro atoms. The summed E-state index contributed by atoms with van der Waals surface area (Å²) in [6.07, 6.45) is 0.898. The number of carbonyl (C=O) groups excluding carboxylic acids is 2. The minimum Gasteiger partial charge on any atom is -0.486 e. The number of rotatable bonds is 9. The second-order valence-electron chi connectivity index (χ2n) is 5.64. The smallest absolute Gasteiger partial charge is 0.305 e. The predicted molar refractivity (Wildman–Crippen MR) is 91.9 cm³/mol. The quantitative estimate of drug-likeness (QED) is 0.488. The number of ether oxygens (including phenoxy) is 2. The Morgan fingerprint density at radius 3 is 2.42 bits per heavy atom. The van der Waals surface area contributed by atoms with Gasteiger partial charge in [0.25, 0.3) is 0 Å². The lowest BCUT2D eigenvalue weighted by Crippen LogP contribution is -2.06. The van der Waals surface area contributed by atoms with Gasteiger partial charge in [-0.05, 0) is 31.0 Å². The maximum Gasteiger partial charge on any atom is 0.305 e. The lowest BCUT2D eigenvalue weighted by molar-refractivity contribution is -0.143. The third-order valence-electron chi connectivity index (χ3n) is 3.65. The lowest BCUT2D eigenvalue weighted by atomic mass is 10.0. The van der Waals surface area contributed by atoms with Gasteiger partial charge in [0.2, 0.25) is 0 Å². The van der Waals surface area contributed by atoms with E-state index in [0.29, 0.717) is 18.6 Å². The largest absolute Gasteiger partial charge is 0.486 e. The van der Waals surface area contributed by atoms with E-state index in [0.717, 1.165) is 23.8 Å². The fourth-order valence-electron chi connectivity index (χ4n) is 2.31. The van der Waals surface area contributed by atoms with Gasteiger partial charge in [0, 0.05) is 24.5 Å². The zero-order valence-electron chi connectivity index (χ0n) is 14.5. The Morgan fingerprint density at radius 2 is 1.73 bits per heavy atom. The van der Waals surface area contributed by atoms with Crippen molar-refractivity contribution in [3.63, 3.8) is 0 Å². The van der Waals surface area contributed by atoms with Crippen molar-refractivity contribution >= 4 is 11.8 Å². The van der Waals surface area contributed by atoms with Crippen LogP contribution in [0.25, 0.3) is 0 Å². The van der Waals surface area contributed by atoms with E-state index in [-0.39, 0.29) is 37.0 Å². The summed E-state index contributed by atoms with van der Waals surface area (Å²) in [6, 6.07) is 9.68. The zero-order valence-corrected chi connectivity index (χ0v) is 14.5. The molecule has 26 heavy (non-hydrogen) atoms. The highest BCUT2D eigenvalue weighted by molar-refractivity contribution is 5.96. The second kappa shape index (κ2) is 9.65. The zero-order chi connectivity index (χ0) is 18.9. The molecule has 2 aromatic rings. The molecular weight excluding hydrogens is 342 g/mol. The Hall–Kier alpha value is -2.76. The van der Waals surface area contributed by atoms with Crippen molar-refractivity contribution in [2.45, 2.75) is 32.8 Å². The van der Waals surface area contributed by atoms with Gasteiger partial charge in [0.1, 0.15) is 12.4 Å². The third kappa shape index (κ3) is 5.95. The fraction of sp³-hybridized carbons (Fsp3) is 0.300. The van der Waals surface area contributed by atoms with E-state index in [1.165, 1.54) is 0 Å². The number of hydrogen-bond donors (Lipinski definition) is 0. The summed E-state index contributed by atoms with van der Waals surface area (Å²) in [4.78, 5) is 23.3. The van der Waals surface area contributed by atoms with Crippen molar-refractivity contribution < 1.29 is 27.8 Å². The highest BCUT2D eigenvalue weighted by Crippen LogP contribution is 2.19. The van der Waals surface area contributed by atoms with Crippen molar-refractivity contribution in [2.24, 2.45) is 0 Å². The Morgan fingerprint density at radius 1 is 1.00 bits per heavy atom. The number of hydrogen-bond acceptors (Lipinski definition) is 4. The third-order valence-corrected chi connectivity index (χ3v) is 3.65. The maximum atomic E-state index is 13.5. The van der Waals surface area contributed by atoms with Crippen LogP contribution in [0.3, 0.4) is 0 Å². The number of Topliss-reactive ketones (excluding diaryl/α,β-unsaturated/α-hetero) is 1. The van der Waals surface area contributed by atoms with E-state index in [2.05, 4.69) is 0 Å². The van der Waals surface area contributed by atoms with Crippen LogP contribution in [0, 0.1) is 11.6 Å². The Labute approximate surface area is 150 Å². The minimum absolute atomic E-state index is 0.0533. The summed E-state index contributed by atoms with van der Waals surface area (Å²) in [6.45, 7) is 2.12. The molecule has 0 aliphatic heterocycles. The van der Waals surface area contributed by atoms with Crippen LogP contribution in [0.1, 0.15) is 42.1 Å². The van der Waals surface area contributed by atoms with Crippen LogP contribution < -0.4 is 4.74 Å². The molecule has 0 aliphatic rings. The van der Waals surface area contributed by atoms with E-state index in [4.69, 9.17) is 9.47 Å². The SMILES string of the molecule is CCOC(=O)CCCC(=O)c1ccc(COc2cc(F)ccc2F)cc1. The standard InChI is InChI=1S/C20H20F2O4/c1-2-25-20(24)5-3-4-18(23)15-8-6-14(7-9-15)13-26-19-12-16(21)10-11-17(19)22/h6-12H,2-5,13H2,1H3. The van der Waals surface area contributed by atoms with E-state index < -0.39 is 11.6 Å². The van der Waals surface area contributed by atoms with Gasteiger partial charge in [0.05, 0.1) is 6.61 Å². The number of halogens is 2. The first-order valence-corrected chi connectivity index (χ1v) is 8.35. The van der Waals surface area contributed by atoms with Crippen LogP contribution in [0.2, 0.25) is 0 Å². The van der Waals surface area contributed by atoms with Gasteiger partial charge < -0.3 is 9.47 Å². The molecule has 0 N–H and O–H groups in total. The van der Waals surface area contributed by atoms with Crippen LogP contribution in [0.15, 0.2) is 42.5 Å². The topological polar surface area (TPSA) is 52.6 Å². The number of esters is 1. The molecule has 0 heterocycles. The maximum absolute atomic E-state index is 13.5. The highest BCUT2D eigenvalue weighted by atomic mass is 19.1. The Bertz CT molecular complexity index is 757. The number of benzene rings is 2. The van der Waals surface area contributed by atoms with Crippen LogP contribution in [-0.2, 0) is 16.1 Å². The van der Waals surface area contributed by atoms with Crippen LogP contribution >= 0.6 is 0 Å². The molecule has 4 nitrogen and oxygen atoms in total. The first-order chi connectivity index (χ1) is 12.5. The molecule has 0 aliphatic carbocycles. The predicted octanol–water partition coefficient (Wildman–Crippen LogP) is 4.46. The first-order valence-electron chi connectivity index (χ1n) is 8.35. The van der Waals surface area contributed by atoms with Crippen molar-refractivity contribution in [1.29, 1.82) is 0 Å². The summed E-state index contributed by atoms with van der Waals surface area (Å²) >= 11 is 0. The van der Waals surface area contributed by atoms with Crippen LogP contribution in [-0.4, -0.2) is 18.4 Å². The van der Waals surface area contributed by atoms with Crippen LogP contribution in [0.4, 0.5) is 8.78 Å². The fourth-order valence-corrected chi connectivity index (χ4v) is 2.31. The second-order valence-corrected chi connectivity index (χ2v) is 5.64. The molecule has 0 atom stereocenters. The first kappa shape index (κ1) is 19.6. The molecule has 0 unspecified atom stereocenters. The molecule has 2 aromatic carbocycles. The van der Waals surface area contributed by atoms with Gasteiger partial charge in [-0.15, -0.1) is 0 Å². The molecule has 0 bridgehead atoms. The van der Waals surface area contributed by atoms with Crippen molar-refractivity contribution in [3.05, 3.63) is 65.2 Å². The minimum atomic E-state index is -0.639. The summed E-state index contributed by atoms with van der Waals surface area (Å²) in [7, 11) is 0. The average Bonchev–Trinajstić information content (AvgIpc) is 2.63. The molecule has 0 aromatic heterocycles. The van der Waals surface area contributed by atoms with E-state index >= 15 is 0 Å². The van der Waals surface area contributed by atoms with Gasteiger partial charge in [-0.25, -0.2) is 8.78 Å². The monoisotopic (exact) mass is 362 g/mol. The molecule has 0 radical (unpaired) electrons. The molecule has 138 valence electrons. The van der Waals surface area contributed by atoms with Crippen molar-refractivity contribution in [2.75, 3.05) is 6.61 Å². The molecule has 0 fully saturated rings. The lowest BCUT2D eigenvalue weighted by Gasteiger charge is -2.08. The molecular formula is C20H20F2O4. The summed E-state index contributed by atoms with van der Waals surface area (Å²) in [5, 5.41) is 0. The van der Waals surface area contributed by atoms with Gasteiger partial charge >= 0.3 is 5.97 Å². The Balaban J connectivity index is 1.84. The van der Waals surface area contributed by atoms with E-state index in [1.54, 1.807) is 31.2 Å². The number of ketones is 1. The van der Waals surface area contributed by atoms with Crippen molar-refractivity contribution in [3.8, 4) is 5.75 Å². The summed E-state index contributed by atoms with van der Waals surface area (Å²) < 4.78 is 36.7. The summed E-state index contributed by atoms with van der Waals surface area (Å²) in [5.74, 6) is -1.76. The molecule has 0 saturated carbocycles. The van der Waals surface area contributed by atoms with E-state index in [1.807, 2.05) is 0 Å². The average molecular weight is 362 g/mol. The molecule has 0 amide bonds. The van der Waals surface area contributed by atoms with Gasteiger partial charge in [-0.3, -0.25) is 9.59 Å². The Kier molecular flexibility index (Phi) is 7.26. The van der Waals surface area contributed by atoms with Gasteiger partial charge in [-0.1, -0.05) is 24.3 Å². The summed E-state index contributed by atoms with van der Waals surface area (Å²) in [5.41, 5.74) is 1.24. The van der Waals surface area contributed by atoms with Gasteiger partial charge in [-0.2, -0.15) is 0 Å². The number of carbonyl (C=O) groups is 2.